The van der Waals surface area contributed by atoms with Crippen LogP contribution in [0.2, 0.25) is 0 Å². The topological polar surface area (TPSA) is 38.0 Å². The number of allylic oxidation sites excluding steroid dienone is 2. The Morgan fingerprint density at radius 3 is 2.23 bits per heavy atom. The van der Waals surface area contributed by atoms with Crippen LogP contribution in [0.3, 0.4) is 0 Å². The fraction of sp³-hybridized carbons (Fsp3) is 0.455. The van der Waals surface area contributed by atoms with Gasteiger partial charge in [0.15, 0.2) is 0 Å². The lowest BCUT2D eigenvalue weighted by Gasteiger charge is -1.97. The summed E-state index contributed by atoms with van der Waals surface area (Å²) >= 11 is 0. The SMILES string of the molecule is C=C(N)/C=C\C(=C)CCNC.CC. The van der Waals surface area contributed by atoms with E-state index in [0.29, 0.717) is 5.70 Å². The van der Waals surface area contributed by atoms with E-state index in [1.54, 1.807) is 6.08 Å². The predicted molar refractivity (Wildman–Crippen MR) is 61.5 cm³/mol. The molecule has 0 aliphatic rings. The lowest BCUT2D eigenvalue weighted by molar-refractivity contribution is 0.795. The Bertz CT molecular complexity index is 169. The molecule has 0 bridgehead atoms. The van der Waals surface area contributed by atoms with Gasteiger partial charge in [-0.1, -0.05) is 38.7 Å². The first kappa shape index (κ1) is 14.5. The molecule has 0 spiro atoms. The van der Waals surface area contributed by atoms with Gasteiger partial charge in [-0.05, 0) is 26.1 Å². The first-order valence-corrected chi connectivity index (χ1v) is 4.61. The molecule has 0 aliphatic heterocycles. The summed E-state index contributed by atoms with van der Waals surface area (Å²) < 4.78 is 0. The van der Waals surface area contributed by atoms with Crippen molar-refractivity contribution in [2.24, 2.45) is 5.73 Å². The van der Waals surface area contributed by atoms with E-state index in [0.717, 1.165) is 18.5 Å². The van der Waals surface area contributed by atoms with Crippen LogP contribution in [0, 0.1) is 0 Å². The molecule has 0 aromatic heterocycles. The van der Waals surface area contributed by atoms with E-state index >= 15 is 0 Å². The van der Waals surface area contributed by atoms with Crippen molar-refractivity contribution in [1.82, 2.24) is 5.32 Å². The van der Waals surface area contributed by atoms with Gasteiger partial charge >= 0.3 is 0 Å². The minimum absolute atomic E-state index is 0.565. The van der Waals surface area contributed by atoms with E-state index in [1.165, 1.54) is 0 Å². The van der Waals surface area contributed by atoms with Crippen LogP contribution in [0.4, 0.5) is 0 Å². The maximum Gasteiger partial charge on any atom is 0.0241 e. The number of nitrogens with two attached hydrogens (primary N) is 1. The van der Waals surface area contributed by atoms with Crippen LogP contribution in [0.5, 0.6) is 0 Å². The van der Waals surface area contributed by atoms with Crippen LogP contribution >= 0.6 is 0 Å². The van der Waals surface area contributed by atoms with E-state index in [2.05, 4.69) is 18.5 Å². The Kier molecular flexibility index (Phi) is 12.2. The normalized spacial score (nSPS) is 9.15. The first-order valence-electron chi connectivity index (χ1n) is 4.61. The van der Waals surface area contributed by atoms with Gasteiger partial charge < -0.3 is 11.1 Å². The van der Waals surface area contributed by atoms with Crippen LogP contribution in [-0.2, 0) is 0 Å². The number of nitrogens with one attached hydrogen (secondary N) is 1. The molecule has 0 saturated carbocycles. The molecule has 0 amide bonds. The van der Waals surface area contributed by atoms with E-state index in [9.17, 15) is 0 Å². The summed E-state index contributed by atoms with van der Waals surface area (Å²) in [5.74, 6) is 0. The lowest BCUT2D eigenvalue weighted by Crippen LogP contribution is -2.07. The Hall–Kier alpha value is -1.02. The highest BCUT2D eigenvalue weighted by molar-refractivity contribution is 5.22. The third kappa shape index (κ3) is 13.9. The van der Waals surface area contributed by atoms with Crippen LogP contribution in [0.15, 0.2) is 36.6 Å². The maximum absolute atomic E-state index is 5.33. The van der Waals surface area contributed by atoms with E-state index in [1.807, 2.05) is 27.0 Å². The highest BCUT2D eigenvalue weighted by atomic mass is 14.8. The van der Waals surface area contributed by atoms with Crippen molar-refractivity contribution < 1.29 is 0 Å². The second kappa shape index (κ2) is 11.0. The maximum atomic E-state index is 5.33. The Labute approximate surface area is 82.2 Å². The van der Waals surface area contributed by atoms with Gasteiger partial charge in [0, 0.05) is 5.70 Å². The predicted octanol–water partition coefficient (Wildman–Crippen LogP) is 2.21. The zero-order valence-electron chi connectivity index (χ0n) is 9.06. The molecular weight excluding hydrogens is 160 g/mol. The number of hydrogen-bond donors (Lipinski definition) is 2. The molecule has 0 saturated heterocycles. The summed E-state index contributed by atoms with van der Waals surface area (Å²) in [7, 11) is 1.92. The smallest absolute Gasteiger partial charge is 0.0241 e. The lowest BCUT2D eigenvalue weighted by atomic mass is 10.2. The molecule has 0 aromatic rings. The molecule has 13 heavy (non-hydrogen) atoms. The van der Waals surface area contributed by atoms with Crippen molar-refractivity contribution >= 4 is 0 Å². The highest BCUT2D eigenvalue weighted by Gasteiger charge is 1.86. The van der Waals surface area contributed by atoms with Gasteiger partial charge in [0.2, 0.25) is 0 Å². The van der Waals surface area contributed by atoms with E-state index in [4.69, 9.17) is 5.73 Å². The van der Waals surface area contributed by atoms with Crippen molar-refractivity contribution in [3.63, 3.8) is 0 Å². The summed E-state index contributed by atoms with van der Waals surface area (Å²) in [5, 5.41) is 3.04. The molecule has 0 rings (SSSR count). The molecule has 0 unspecified atom stereocenters. The van der Waals surface area contributed by atoms with Gasteiger partial charge in [0.05, 0.1) is 0 Å². The summed E-state index contributed by atoms with van der Waals surface area (Å²) in [5.41, 5.74) is 6.96. The van der Waals surface area contributed by atoms with Crippen molar-refractivity contribution in [1.29, 1.82) is 0 Å². The van der Waals surface area contributed by atoms with E-state index < -0.39 is 0 Å². The molecule has 0 fully saturated rings. The molecule has 76 valence electrons. The second-order valence-electron chi connectivity index (χ2n) is 2.42. The van der Waals surface area contributed by atoms with Crippen LogP contribution in [0.25, 0.3) is 0 Å². The number of rotatable bonds is 5. The zero-order valence-corrected chi connectivity index (χ0v) is 9.06. The molecule has 0 atom stereocenters. The van der Waals surface area contributed by atoms with Crippen LogP contribution in [-0.4, -0.2) is 13.6 Å². The van der Waals surface area contributed by atoms with Crippen LogP contribution in [0.1, 0.15) is 20.3 Å². The third-order valence-corrected chi connectivity index (χ3v) is 1.23. The van der Waals surface area contributed by atoms with Crippen molar-refractivity contribution in [3.05, 3.63) is 36.6 Å². The van der Waals surface area contributed by atoms with Crippen molar-refractivity contribution in [2.45, 2.75) is 20.3 Å². The quantitative estimate of drug-likeness (QED) is 0.640. The molecule has 2 nitrogen and oxygen atoms in total. The molecular formula is C11H22N2. The van der Waals surface area contributed by atoms with Crippen molar-refractivity contribution in [3.8, 4) is 0 Å². The largest absolute Gasteiger partial charge is 0.399 e. The van der Waals surface area contributed by atoms with Crippen molar-refractivity contribution in [2.75, 3.05) is 13.6 Å². The monoisotopic (exact) mass is 182 g/mol. The molecule has 3 N–H and O–H groups in total. The van der Waals surface area contributed by atoms with Gasteiger partial charge in [-0.2, -0.15) is 0 Å². The molecule has 0 aromatic carbocycles. The summed E-state index contributed by atoms with van der Waals surface area (Å²) in [4.78, 5) is 0. The Balaban J connectivity index is 0. The summed E-state index contributed by atoms with van der Waals surface area (Å²) in [6.45, 7) is 12.3. The Morgan fingerprint density at radius 2 is 1.85 bits per heavy atom. The van der Waals surface area contributed by atoms with Gasteiger partial charge in [0.25, 0.3) is 0 Å². The second-order valence-corrected chi connectivity index (χ2v) is 2.42. The average molecular weight is 182 g/mol. The molecule has 2 heteroatoms. The zero-order chi connectivity index (χ0) is 10.7. The van der Waals surface area contributed by atoms with Crippen LogP contribution < -0.4 is 11.1 Å². The highest BCUT2D eigenvalue weighted by Crippen LogP contribution is 1.98. The standard InChI is InChI=1S/C9H16N2.C2H6/c1-8(6-7-11-3)4-5-9(2)10;1-2/h4-5,11H,1-2,6-7,10H2,3H3;1-2H3/b5-4-;. The molecule has 0 aliphatic carbocycles. The Morgan fingerprint density at radius 1 is 1.31 bits per heavy atom. The van der Waals surface area contributed by atoms with Gasteiger partial charge in [-0.15, -0.1) is 0 Å². The fourth-order valence-corrected chi connectivity index (χ4v) is 0.594. The summed E-state index contributed by atoms with van der Waals surface area (Å²) in [6.07, 6.45) is 4.60. The molecule has 0 heterocycles. The third-order valence-electron chi connectivity index (χ3n) is 1.23. The molecule has 0 radical (unpaired) electrons. The summed E-state index contributed by atoms with van der Waals surface area (Å²) in [6, 6.07) is 0. The first-order chi connectivity index (χ1) is 6.16. The minimum atomic E-state index is 0.565. The fourth-order valence-electron chi connectivity index (χ4n) is 0.594. The minimum Gasteiger partial charge on any atom is -0.399 e. The van der Waals surface area contributed by atoms with Gasteiger partial charge in [0.1, 0.15) is 0 Å². The average Bonchev–Trinajstić information content (AvgIpc) is 2.14. The van der Waals surface area contributed by atoms with E-state index in [-0.39, 0.29) is 0 Å². The number of hydrogen-bond acceptors (Lipinski definition) is 2. The van der Waals surface area contributed by atoms with Gasteiger partial charge in [-0.25, -0.2) is 0 Å². The van der Waals surface area contributed by atoms with Gasteiger partial charge in [-0.3, -0.25) is 0 Å².